The first-order valence-corrected chi connectivity index (χ1v) is 10.8. The van der Waals surface area contributed by atoms with Gasteiger partial charge in [-0.25, -0.2) is 14.4 Å². The summed E-state index contributed by atoms with van der Waals surface area (Å²) in [5, 5.41) is 4.59. The Kier molecular flexibility index (Phi) is 5.77. The number of halogens is 1. The lowest BCUT2D eigenvalue weighted by atomic mass is 10.2. The highest BCUT2D eigenvalue weighted by Crippen LogP contribution is 2.36. The summed E-state index contributed by atoms with van der Waals surface area (Å²) in [6.45, 7) is 4.01. The first kappa shape index (κ1) is 20.5. The maximum Gasteiger partial charge on any atom is 0.163 e. The topological polar surface area (TPSA) is 72.6 Å². The molecule has 1 aliphatic rings. The molecule has 4 aromatic rings. The van der Waals surface area contributed by atoms with Crippen LogP contribution in [0.4, 0.5) is 15.9 Å². The molecule has 2 aromatic carbocycles. The lowest BCUT2D eigenvalue weighted by Crippen LogP contribution is -2.21. The average molecular weight is 436 g/mol. The third kappa shape index (κ3) is 4.18. The van der Waals surface area contributed by atoms with Gasteiger partial charge < -0.3 is 24.1 Å². The van der Waals surface area contributed by atoms with E-state index in [-0.39, 0.29) is 5.82 Å². The summed E-state index contributed by atoms with van der Waals surface area (Å²) in [5.41, 5.74) is 1.75. The van der Waals surface area contributed by atoms with Gasteiger partial charge in [0.2, 0.25) is 0 Å². The van der Waals surface area contributed by atoms with Gasteiger partial charge in [0.15, 0.2) is 17.1 Å². The van der Waals surface area contributed by atoms with Crippen LogP contribution in [-0.2, 0) is 0 Å². The molecule has 1 saturated heterocycles. The predicted octanol–water partition coefficient (Wildman–Crippen LogP) is 5.13. The summed E-state index contributed by atoms with van der Waals surface area (Å²) in [4.78, 5) is 11.2. The molecule has 0 amide bonds. The molecule has 0 aliphatic carbocycles. The zero-order valence-corrected chi connectivity index (χ0v) is 17.9. The number of aromatic nitrogens is 2. The van der Waals surface area contributed by atoms with Crippen molar-refractivity contribution in [1.82, 2.24) is 14.9 Å². The van der Waals surface area contributed by atoms with E-state index in [1.807, 2.05) is 12.1 Å². The molecule has 5 rings (SSSR count). The van der Waals surface area contributed by atoms with Gasteiger partial charge in [-0.2, -0.15) is 0 Å². The van der Waals surface area contributed by atoms with Gasteiger partial charge >= 0.3 is 0 Å². The number of nitrogens with zero attached hydrogens (tertiary/aromatic N) is 3. The highest BCUT2D eigenvalue weighted by atomic mass is 19.1. The molecule has 0 unspecified atom stereocenters. The minimum absolute atomic E-state index is 0.359. The van der Waals surface area contributed by atoms with E-state index < -0.39 is 0 Å². The molecule has 1 N–H and O–H groups in total. The van der Waals surface area contributed by atoms with Gasteiger partial charge in [-0.3, -0.25) is 0 Å². The number of fused-ring (bicyclic) bond motifs is 2. The minimum atomic E-state index is -0.359. The summed E-state index contributed by atoms with van der Waals surface area (Å²) < 4.78 is 31.2. The van der Waals surface area contributed by atoms with Gasteiger partial charge in [-0.15, -0.1) is 0 Å². The zero-order chi connectivity index (χ0) is 21.9. The number of rotatable bonds is 8. The molecule has 0 radical (unpaired) electrons. The van der Waals surface area contributed by atoms with E-state index in [0.29, 0.717) is 46.1 Å². The van der Waals surface area contributed by atoms with Crippen molar-refractivity contribution in [2.75, 3.05) is 38.7 Å². The number of hydrogen-bond acceptors (Lipinski definition) is 7. The summed E-state index contributed by atoms with van der Waals surface area (Å²) in [6.07, 6.45) is 6.53. The maximum absolute atomic E-state index is 14.1. The summed E-state index contributed by atoms with van der Waals surface area (Å²) >= 11 is 0. The van der Waals surface area contributed by atoms with Crippen molar-refractivity contribution in [3.05, 3.63) is 48.7 Å². The standard InChI is InChI=1S/C24H25FN4O3/c1-30-21-13-18-19(14-22(21)31-9-4-8-29-6-2-3-7-29)26-15-27-24(18)28-20-12-17(25)11-16-5-10-32-23(16)20/h5,10-15H,2-4,6-9H2,1H3,(H,26,27,28). The number of ether oxygens (including phenoxy) is 2. The normalized spacial score (nSPS) is 14.3. The van der Waals surface area contributed by atoms with E-state index in [1.54, 1.807) is 13.2 Å². The van der Waals surface area contributed by atoms with Gasteiger partial charge in [0.1, 0.15) is 18.0 Å². The number of methoxy groups -OCH3 is 1. The van der Waals surface area contributed by atoms with E-state index in [2.05, 4.69) is 20.2 Å². The van der Waals surface area contributed by atoms with Crippen LogP contribution < -0.4 is 14.8 Å². The molecule has 32 heavy (non-hydrogen) atoms. The van der Waals surface area contributed by atoms with Crippen LogP contribution in [0, 0.1) is 5.82 Å². The summed E-state index contributed by atoms with van der Waals surface area (Å²) in [6, 6.07) is 8.22. The zero-order valence-electron chi connectivity index (χ0n) is 17.9. The van der Waals surface area contributed by atoms with Crippen LogP contribution in [0.2, 0.25) is 0 Å². The summed E-state index contributed by atoms with van der Waals surface area (Å²) in [5.74, 6) is 1.41. The predicted molar refractivity (Wildman–Crippen MR) is 121 cm³/mol. The minimum Gasteiger partial charge on any atom is -0.493 e. The number of benzene rings is 2. The Balaban J connectivity index is 1.39. The third-order valence-electron chi connectivity index (χ3n) is 5.76. The van der Waals surface area contributed by atoms with Gasteiger partial charge in [-0.1, -0.05) is 0 Å². The fraction of sp³-hybridized carbons (Fsp3) is 0.333. The molecule has 1 aliphatic heterocycles. The summed E-state index contributed by atoms with van der Waals surface area (Å²) in [7, 11) is 1.61. The second kappa shape index (κ2) is 9.00. The smallest absolute Gasteiger partial charge is 0.163 e. The number of hydrogen-bond donors (Lipinski definition) is 1. The number of likely N-dealkylation sites (tertiary alicyclic amines) is 1. The van der Waals surface area contributed by atoms with Crippen LogP contribution in [0.1, 0.15) is 19.3 Å². The van der Waals surface area contributed by atoms with Gasteiger partial charge in [0, 0.05) is 29.4 Å². The third-order valence-corrected chi connectivity index (χ3v) is 5.76. The monoisotopic (exact) mass is 436 g/mol. The van der Waals surface area contributed by atoms with Crippen molar-refractivity contribution < 1.29 is 18.3 Å². The lowest BCUT2D eigenvalue weighted by molar-refractivity contribution is 0.254. The molecule has 2 aromatic heterocycles. The highest BCUT2D eigenvalue weighted by molar-refractivity contribution is 5.97. The lowest BCUT2D eigenvalue weighted by Gasteiger charge is -2.16. The van der Waals surface area contributed by atoms with Crippen LogP contribution in [0.5, 0.6) is 11.5 Å². The fourth-order valence-electron chi connectivity index (χ4n) is 4.18. The maximum atomic E-state index is 14.1. The Morgan fingerprint density at radius 3 is 2.84 bits per heavy atom. The van der Waals surface area contributed by atoms with Gasteiger partial charge in [-0.05, 0) is 50.6 Å². The van der Waals surface area contributed by atoms with Crippen LogP contribution in [0.25, 0.3) is 21.9 Å². The Hall–Kier alpha value is -3.39. The first-order valence-electron chi connectivity index (χ1n) is 10.8. The molecule has 1 fully saturated rings. The van der Waals surface area contributed by atoms with Crippen LogP contribution in [-0.4, -0.2) is 48.2 Å². The molecular formula is C24H25FN4O3. The van der Waals surface area contributed by atoms with Crippen LogP contribution >= 0.6 is 0 Å². The highest BCUT2D eigenvalue weighted by Gasteiger charge is 2.15. The average Bonchev–Trinajstić information content (AvgIpc) is 3.48. The molecule has 0 atom stereocenters. The van der Waals surface area contributed by atoms with E-state index in [9.17, 15) is 4.39 Å². The SMILES string of the molecule is COc1cc2c(Nc3cc(F)cc4ccoc34)ncnc2cc1OCCCN1CCCC1. The van der Waals surface area contributed by atoms with Crippen LogP contribution in [0.3, 0.4) is 0 Å². The fourth-order valence-corrected chi connectivity index (χ4v) is 4.18. The molecule has 0 bridgehead atoms. The second-order valence-electron chi connectivity index (χ2n) is 7.91. The number of anilines is 2. The molecule has 0 saturated carbocycles. The van der Waals surface area contributed by atoms with Gasteiger partial charge in [0.05, 0.1) is 31.2 Å². The van der Waals surface area contributed by atoms with E-state index in [0.717, 1.165) is 18.4 Å². The Morgan fingerprint density at radius 1 is 1.12 bits per heavy atom. The van der Waals surface area contributed by atoms with Gasteiger partial charge in [0.25, 0.3) is 0 Å². The largest absolute Gasteiger partial charge is 0.493 e. The molecule has 166 valence electrons. The Morgan fingerprint density at radius 2 is 2.00 bits per heavy atom. The molecule has 3 heterocycles. The van der Waals surface area contributed by atoms with Crippen molar-refractivity contribution in [1.29, 1.82) is 0 Å². The van der Waals surface area contributed by atoms with Crippen molar-refractivity contribution in [2.45, 2.75) is 19.3 Å². The van der Waals surface area contributed by atoms with E-state index in [4.69, 9.17) is 13.9 Å². The Labute approximate surface area is 185 Å². The Bertz CT molecular complexity index is 1240. The van der Waals surface area contributed by atoms with Crippen molar-refractivity contribution in [2.24, 2.45) is 0 Å². The number of nitrogens with one attached hydrogen (secondary N) is 1. The first-order chi connectivity index (χ1) is 15.7. The van der Waals surface area contributed by atoms with Crippen molar-refractivity contribution in [3.63, 3.8) is 0 Å². The van der Waals surface area contributed by atoms with Crippen molar-refractivity contribution in [3.8, 4) is 11.5 Å². The molecule has 0 spiro atoms. The van der Waals surface area contributed by atoms with E-state index >= 15 is 0 Å². The second-order valence-corrected chi connectivity index (χ2v) is 7.91. The molecular weight excluding hydrogens is 411 g/mol. The molecule has 8 heteroatoms. The molecule has 7 nitrogen and oxygen atoms in total. The van der Waals surface area contributed by atoms with E-state index in [1.165, 1.54) is 50.7 Å². The van der Waals surface area contributed by atoms with Crippen molar-refractivity contribution >= 4 is 33.4 Å². The quantitative estimate of drug-likeness (QED) is 0.384. The number of furan rings is 1. The van der Waals surface area contributed by atoms with Crippen LogP contribution in [0.15, 0.2) is 47.3 Å².